The summed E-state index contributed by atoms with van der Waals surface area (Å²) >= 11 is 14.4. The number of sulfonamides is 1. The Hall–Kier alpha value is -1.58. The molecule has 0 atom stereocenters. The van der Waals surface area contributed by atoms with Crippen molar-refractivity contribution < 1.29 is 13.2 Å². The van der Waals surface area contributed by atoms with Crippen LogP contribution in [0.5, 0.6) is 0 Å². The normalized spacial score (nSPS) is 11.3. The first-order valence-electron chi connectivity index (χ1n) is 7.47. The van der Waals surface area contributed by atoms with E-state index in [1.54, 1.807) is 36.4 Å². The van der Waals surface area contributed by atoms with Crippen molar-refractivity contribution in [2.45, 2.75) is 14.9 Å². The monoisotopic (exact) mass is 458 g/mol. The van der Waals surface area contributed by atoms with Crippen LogP contribution in [-0.2, 0) is 15.8 Å². The summed E-state index contributed by atoms with van der Waals surface area (Å²) in [6.07, 6.45) is 1.20. The Labute approximate surface area is 174 Å². The van der Waals surface area contributed by atoms with Crippen molar-refractivity contribution in [3.63, 3.8) is 0 Å². The molecule has 10 heteroatoms. The Morgan fingerprint density at radius 2 is 1.89 bits per heavy atom. The van der Waals surface area contributed by atoms with Gasteiger partial charge in [0.15, 0.2) is 4.21 Å². The second-order valence-electron chi connectivity index (χ2n) is 5.35. The zero-order valence-corrected chi connectivity index (χ0v) is 17.5. The van der Waals surface area contributed by atoms with Crippen molar-refractivity contribution >= 4 is 62.2 Å². The number of carbonyl (C=O) groups is 1. The van der Waals surface area contributed by atoms with Crippen molar-refractivity contribution in [2.24, 2.45) is 0 Å². The Kier molecular flexibility index (Phi) is 6.44. The third-order valence-electron chi connectivity index (χ3n) is 3.33. The smallest absolute Gasteiger partial charge is 0.268 e. The lowest BCUT2D eigenvalue weighted by atomic mass is 10.1. The van der Waals surface area contributed by atoms with Crippen LogP contribution in [0.1, 0.15) is 15.9 Å². The Bertz CT molecular complexity index is 1050. The number of hydrogen-bond donors (Lipinski definition) is 1. The van der Waals surface area contributed by atoms with Crippen LogP contribution in [0.2, 0.25) is 10.0 Å². The van der Waals surface area contributed by atoms with Crippen LogP contribution in [0, 0.1) is 0 Å². The highest BCUT2D eigenvalue weighted by Crippen LogP contribution is 2.29. The fraction of sp³-hybridized carbons (Fsp3) is 0.0588. The molecule has 0 aliphatic carbocycles. The predicted octanol–water partition coefficient (Wildman–Crippen LogP) is 4.86. The SMILES string of the molecule is O=C(NS(=O)(=O)c1cncs1)c1cccc(CSc2cc(Cl)cc(Cl)c2)c1. The summed E-state index contributed by atoms with van der Waals surface area (Å²) in [6.45, 7) is 0. The van der Waals surface area contributed by atoms with E-state index in [1.807, 2.05) is 6.07 Å². The minimum atomic E-state index is -3.92. The van der Waals surface area contributed by atoms with E-state index in [4.69, 9.17) is 23.2 Å². The lowest BCUT2D eigenvalue weighted by Gasteiger charge is -2.07. The highest BCUT2D eigenvalue weighted by Gasteiger charge is 2.20. The van der Waals surface area contributed by atoms with Crippen LogP contribution in [0.15, 0.2) is 63.3 Å². The molecule has 27 heavy (non-hydrogen) atoms. The number of hydrogen-bond acceptors (Lipinski definition) is 6. The van der Waals surface area contributed by atoms with Gasteiger partial charge in [-0.2, -0.15) is 0 Å². The predicted molar refractivity (Wildman–Crippen MR) is 109 cm³/mol. The largest absolute Gasteiger partial charge is 0.275 e. The summed E-state index contributed by atoms with van der Waals surface area (Å²) in [4.78, 5) is 16.9. The van der Waals surface area contributed by atoms with E-state index in [0.29, 0.717) is 15.8 Å². The zero-order chi connectivity index (χ0) is 19.4. The van der Waals surface area contributed by atoms with Crippen molar-refractivity contribution in [3.8, 4) is 0 Å². The molecule has 0 radical (unpaired) electrons. The fourth-order valence-corrected chi connectivity index (χ4v) is 5.51. The Morgan fingerprint density at radius 1 is 1.15 bits per heavy atom. The molecule has 0 aliphatic heterocycles. The standard InChI is InChI=1S/C17H12Cl2N2O3S3/c18-13-5-14(19)7-15(6-13)25-9-11-2-1-3-12(4-11)17(22)21-27(23,24)16-8-20-10-26-16/h1-8,10H,9H2,(H,21,22). The van der Waals surface area contributed by atoms with E-state index in [9.17, 15) is 13.2 Å². The van der Waals surface area contributed by atoms with Gasteiger partial charge in [-0.05, 0) is 35.9 Å². The molecule has 3 rings (SSSR count). The molecule has 140 valence electrons. The molecule has 1 amide bonds. The van der Waals surface area contributed by atoms with Crippen molar-refractivity contribution in [1.82, 2.24) is 9.71 Å². The van der Waals surface area contributed by atoms with Crippen LogP contribution in [0.25, 0.3) is 0 Å². The van der Waals surface area contributed by atoms with E-state index in [-0.39, 0.29) is 9.77 Å². The van der Waals surface area contributed by atoms with Gasteiger partial charge in [0.25, 0.3) is 15.9 Å². The number of halogens is 2. The zero-order valence-electron chi connectivity index (χ0n) is 13.6. The molecular formula is C17H12Cl2N2O3S3. The molecular weight excluding hydrogens is 447 g/mol. The molecule has 5 nitrogen and oxygen atoms in total. The van der Waals surface area contributed by atoms with Gasteiger partial charge in [0.05, 0.1) is 11.7 Å². The summed E-state index contributed by atoms with van der Waals surface area (Å²) in [5.74, 6) is -0.125. The van der Waals surface area contributed by atoms with E-state index in [2.05, 4.69) is 9.71 Å². The highest BCUT2D eigenvalue weighted by atomic mass is 35.5. The molecule has 1 N–H and O–H groups in total. The summed E-state index contributed by atoms with van der Waals surface area (Å²) in [6, 6.07) is 12.0. The number of thioether (sulfide) groups is 1. The van der Waals surface area contributed by atoms with Gasteiger partial charge in [0, 0.05) is 26.3 Å². The Morgan fingerprint density at radius 3 is 2.56 bits per heavy atom. The number of carbonyl (C=O) groups excluding carboxylic acids is 1. The third-order valence-corrected chi connectivity index (χ3v) is 7.42. The van der Waals surface area contributed by atoms with Gasteiger partial charge in [0.1, 0.15) is 0 Å². The first-order chi connectivity index (χ1) is 12.8. The van der Waals surface area contributed by atoms with E-state index in [0.717, 1.165) is 21.8 Å². The molecule has 0 fully saturated rings. The highest BCUT2D eigenvalue weighted by molar-refractivity contribution is 7.98. The molecule has 0 aliphatic rings. The summed E-state index contributed by atoms with van der Waals surface area (Å²) in [5, 5.41) is 1.10. The Balaban J connectivity index is 1.70. The number of aromatic nitrogens is 1. The lowest BCUT2D eigenvalue weighted by Crippen LogP contribution is -2.30. The van der Waals surface area contributed by atoms with Crippen molar-refractivity contribution in [2.75, 3.05) is 0 Å². The average Bonchev–Trinajstić information content (AvgIpc) is 3.15. The number of thiazole rings is 1. The number of nitrogens with one attached hydrogen (secondary N) is 1. The molecule has 0 saturated carbocycles. The molecule has 1 heterocycles. The first kappa shape index (κ1) is 20.2. The molecule has 0 bridgehead atoms. The van der Waals surface area contributed by atoms with Crippen LogP contribution >= 0.6 is 46.3 Å². The van der Waals surface area contributed by atoms with Gasteiger partial charge < -0.3 is 0 Å². The number of benzene rings is 2. The average molecular weight is 459 g/mol. The number of rotatable bonds is 6. The second kappa shape index (κ2) is 8.62. The van der Waals surface area contributed by atoms with Crippen LogP contribution in [0.3, 0.4) is 0 Å². The van der Waals surface area contributed by atoms with Crippen LogP contribution in [-0.4, -0.2) is 19.3 Å². The lowest BCUT2D eigenvalue weighted by molar-refractivity contribution is 0.0981. The summed E-state index contributed by atoms with van der Waals surface area (Å²) < 4.78 is 26.3. The molecule has 0 unspecified atom stereocenters. The molecule has 0 spiro atoms. The maximum atomic E-state index is 12.3. The van der Waals surface area contributed by atoms with Crippen molar-refractivity contribution in [3.05, 3.63) is 75.3 Å². The van der Waals surface area contributed by atoms with Gasteiger partial charge >= 0.3 is 0 Å². The number of amides is 1. The molecule has 1 aromatic heterocycles. The third kappa shape index (κ3) is 5.46. The van der Waals surface area contributed by atoms with Gasteiger partial charge in [-0.1, -0.05) is 35.3 Å². The molecule has 2 aromatic carbocycles. The maximum Gasteiger partial charge on any atom is 0.275 e. The van der Waals surface area contributed by atoms with Crippen molar-refractivity contribution in [1.29, 1.82) is 0 Å². The first-order valence-corrected chi connectivity index (χ1v) is 11.6. The van der Waals surface area contributed by atoms with Gasteiger partial charge in [0.2, 0.25) is 0 Å². The minimum absolute atomic E-state index is 0.0135. The molecule has 3 aromatic rings. The van der Waals surface area contributed by atoms with E-state index in [1.165, 1.54) is 23.5 Å². The fourth-order valence-electron chi connectivity index (χ4n) is 2.15. The van der Waals surface area contributed by atoms with Crippen LogP contribution in [0.4, 0.5) is 0 Å². The second-order valence-corrected chi connectivity index (χ2v) is 10.1. The van der Waals surface area contributed by atoms with E-state index >= 15 is 0 Å². The number of nitrogens with zero attached hydrogens (tertiary/aromatic N) is 1. The maximum absolute atomic E-state index is 12.3. The minimum Gasteiger partial charge on any atom is -0.268 e. The molecule has 0 saturated heterocycles. The van der Waals surface area contributed by atoms with E-state index < -0.39 is 15.9 Å². The van der Waals surface area contributed by atoms with Gasteiger partial charge in [-0.15, -0.1) is 23.1 Å². The van der Waals surface area contributed by atoms with Crippen LogP contribution < -0.4 is 4.72 Å². The van der Waals surface area contributed by atoms with Gasteiger partial charge in [-0.25, -0.2) is 13.1 Å². The summed E-state index contributed by atoms with van der Waals surface area (Å²) in [7, 11) is -3.92. The topological polar surface area (TPSA) is 76.1 Å². The quantitative estimate of drug-likeness (QED) is 0.533. The summed E-state index contributed by atoms with van der Waals surface area (Å²) in [5.41, 5.74) is 2.50. The van der Waals surface area contributed by atoms with Gasteiger partial charge in [-0.3, -0.25) is 9.78 Å².